The first-order chi connectivity index (χ1) is 17.1. The summed E-state index contributed by atoms with van der Waals surface area (Å²) in [7, 11) is 1.59. The molecule has 0 saturated carbocycles. The number of carbonyl (C=O) groups excluding carboxylic acids is 1. The van der Waals surface area contributed by atoms with Gasteiger partial charge in [0.05, 0.1) is 37.7 Å². The highest BCUT2D eigenvalue weighted by Crippen LogP contribution is 2.48. The molecule has 1 saturated heterocycles. The molecule has 0 aliphatic carbocycles. The van der Waals surface area contributed by atoms with Crippen LogP contribution in [0.1, 0.15) is 17.0 Å². The Labute approximate surface area is 201 Å². The number of fused-ring (bicyclic) bond motifs is 1. The van der Waals surface area contributed by atoms with Crippen molar-refractivity contribution in [2.24, 2.45) is 5.92 Å². The summed E-state index contributed by atoms with van der Waals surface area (Å²) in [4.78, 5) is 14.4. The van der Waals surface area contributed by atoms with Gasteiger partial charge in [-0.3, -0.25) is 10.5 Å². The summed E-state index contributed by atoms with van der Waals surface area (Å²) in [5, 5.41) is 25.6. The normalized spacial score (nSPS) is 19.3. The van der Waals surface area contributed by atoms with Gasteiger partial charge in [-0.2, -0.15) is 5.26 Å². The number of para-hydroxylation sites is 1. The van der Waals surface area contributed by atoms with Gasteiger partial charge in [0.15, 0.2) is 0 Å². The Kier molecular flexibility index (Phi) is 6.08. The van der Waals surface area contributed by atoms with Crippen LogP contribution in [0.2, 0.25) is 0 Å². The SMILES string of the molecule is COc1ccc(-c2[nH]nc3c2C(c2ccccc2OC(=O)N2CCOCC2)C(C#N)C(=N)O3)cc1. The second kappa shape index (κ2) is 9.48. The third-order valence-corrected chi connectivity index (χ3v) is 6.14. The number of ether oxygens (including phenoxy) is 4. The van der Waals surface area contributed by atoms with Crippen LogP contribution in [0.5, 0.6) is 17.4 Å². The lowest BCUT2D eigenvalue weighted by Gasteiger charge is -2.30. The minimum absolute atomic E-state index is 0.214. The van der Waals surface area contributed by atoms with E-state index in [-0.39, 0.29) is 11.8 Å². The topological polar surface area (TPSA) is 134 Å². The number of amides is 1. The fraction of sp³-hybridized carbons (Fsp3) is 0.280. The summed E-state index contributed by atoms with van der Waals surface area (Å²) in [6, 6.07) is 16.6. The molecule has 0 radical (unpaired) electrons. The number of H-pyrrole nitrogens is 1. The lowest BCUT2D eigenvalue weighted by atomic mass is 9.78. The molecule has 35 heavy (non-hydrogen) atoms. The second-order valence-electron chi connectivity index (χ2n) is 8.10. The van der Waals surface area contributed by atoms with Crippen molar-refractivity contribution in [1.29, 1.82) is 10.7 Å². The summed E-state index contributed by atoms with van der Waals surface area (Å²) >= 11 is 0. The van der Waals surface area contributed by atoms with E-state index in [1.807, 2.05) is 30.3 Å². The van der Waals surface area contributed by atoms with Crippen molar-refractivity contribution in [2.75, 3.05) is 33.4 Å². The Hall–Kier alpha value is -4.36. The molecular formula is C25H23N5O5. The van der Waals surface area contributed by atoms with E-state index >= 15 is 0 Å². The quantitative estimate of drug-likeness (QED) is 0.592. The molecule has 2 aliphatic rings. The number of hydrogen-bond donors (Lipinski definition) is 2. The summed E-state index contributed by atoms with van der Waals surface area (Å²) in [6.07, 6.45) is -0.487. The van der Waals surface area contributed by atoms with Crippen molar-refractivity contribution in [2.45, 2.75) is 5.92 Å². The van der Waals surface area contributed by atoms with E-state index in [1.165, 1.54) is 0 Å². The van der Waals surface area contributed by atoms with E-state index in [0.29, 0.717) is 54.6 Å². The average Bonchev–Trinajstić information content (AvgIpc) is 3.32. The van der Waals surface area contributed by atoms with Crippen molar-refractivity contribution in [1.82, 2.24) is 15.1 Å². The zero-order valence-electron chi connectivity index (χ0n) is 19.0. The minimum atomic E-state index is -0.944. The molecule has 2 atom stereocenters. The molecule has 10 nitrogen and oxygen atoms in total. The number of aromatic nitrogens is 2. The first-order valence-electron chi connectivity index (χ1n) is 11.1. The lowest BCUT2D eigenvalue weighted by Crippen LogP contribution is -2.42. The number of benzene rings is 2. The molecule has 10 heteroatoms. The standard InChI is InChI=1S/C25H23N5O5/c1-32-16-8-6-15(7-9-16)22-21-20(18(14-26)23(27)35-24(21)29-28-22)17-4-2-3-5-19(17)34-25(31)30-10-12-33-13-11-30/h2-9,18,20,27H,10-13H2,1H3,(H,28,29). The molecule has 2 aliphatic heterocycles. The van der Waals surface area contributed by atoms with Crippen LogP contribution in [0.15, 0.2) is 48.5 Å². The predicted octanol–water partition coefficient (Wildman–Crippen LogP) is 3.56. The molecule has 1 fully saturated rings. The number of morpholine rings is 1. The van der Waals surface area contributed by atoms with Crippen LogP contribution < -0.4 is 14.2 Å². The van der Waals surface area contributed by atoms with Crippen LogP contribution in [0, 0.1) is 22.7 Å². The number of carbonyl (C=O) groups is 1. The molecule has 5 rings (SSSR count). The van der Waals surface area contributed by atoms with Crippen LogP contribution in [-0.4, -0.2) is 60.5 Å². The second-order valence-corrected chi connectivity index (χ2v) is 8.10. The van der Waals surface area contributed by atoms with Crippen molar-refractivity contribution in [3.05, 3.63) is 59.7 Å². The largest absolute Gasteiger partial charge is 0.497 e. The van der Waals surface area contributed by atoms with Gasteiger partial charge in [-0.05, 0) is 30.3 Å². The van der Waals surface area contributed by atoms with E-state index in [2.05, 4.69) is 16.3 Å². The van der Waals surface area contributed by atoms with E-state index in [1.54, 1.807) is 30.2 Å². The van der Waals surface area contributed by atoms with Gasteiger partial charge in [0.1, 0.15) is 17.4 Å². The Morgan fingerprint density at radius 3 is 2.66 bits per heavy atom. The van der Waals surface area contributed by atoms with Crippen LogP contribution in [0.25, 0.3) is 11.3 Å². The van der Waals surface area contributed by atoms with E-state index < -0.39 is 17.9 Å². The fourth-order valence-electron chi connectivity index (χ4n) is 4.37. The van der Waals surface area contributed by atoms with Gasteiger partial charge in [-0.15, -0.1) is 5.10 Å². The number of methoxy groups -OCH3 is 1. The smallest absolute Gasteiger partial charge is 0.415 e. The maximum atomic E-state index is 12.8. The summed E-state index contributed by atoms with van der Waals surface area (Å²) in [6.45, 7) is 1.79. The highest BCUT2D eigenvalue weighted by atomic mass is 16.6. The summed E-state index contributed by atoms with van der Waals surface area (Å²) in [5.41, 5.74) is 2.66. The zero-order valence-corrected chi connectivity index (χ0v) is 19.0. The predicted molar refractivity (Wildman–Crippen MR) is 125 cm³/mol. The van der Waals surface area contributed by atoms with Gasteiger partial charge in [0.2, 0.25) is 11.8 Å². The minimum Gasteiger partial charge on any atom is -0.497 e. The number of nitrogens with one attached hydrogen (secondary N) is 2. The molecular weight excluding hydrogens is 450 g/mol. The van der Waals surface area contributed by atoms with Crippen LogP contribution >= 0.6 is 0 Å². The average molecular weight is 473 g/mol. The number of aromatic amines is 1. The molecule has 1 aromatic heterocycles. The highest BCUT2D eigenvalue weighted by molar-refractivity contribution is 5.87. The zero-order chi connectivity index (χ0) is 24.4. The maximum Gasteiger partial charge on any atom is 0.415 e. The Morgan fingerprint density at radius 2 is 1.94 bits per heavy atom. The van der Waals surface area contributed by atoms with E-state index in [0.717, 1.165) is 5.56 Å². The number of hydrogen-bond acceptors (Lipinski definition) is 8. The van der Waals surface area contributed by atoms with Crippen LogP contribution in [0.3, 0.4) is 0 Å². The molecule has 2 N–H and O–H groups in total. The van der Waals surface area contributed by atoms with Crippen LogP contribution in [0.4, 0.5) is 4.79 Å². The monoisotopic (exact) mass is 473 g/mol. The van der Waals surface area contributed by atoms with Crippen LogP contribution in [-0.2, 0) is 4.74 Å². The van der Waals surface area contributed by atoms with Gasteiger partial charge >= 0.3 is 6.09 Å². The molecule has 2 aromatic carbocycles. The molecule has 3 heterocycles. The van der Waals surface area contributed by atoms with Crippen molar-refractivity contribution < 1.29 is 23.7 Å². The molecule has 178 valence electrons. The number of nitriles is 1. The number of rotatable bonds is 4. The van der Waals surface area contributed by atoms with E-state index in [9.17, 15) is 10.1 Å². The van der Waals surface area contributed by atoms with Crippen molar-refractivity contribution in [3.63, 3.8) is 0 Å². The summed E-state index contributed by atoms with van der Waals surface area (Å²) in [5.74, 6) is -0.580. The van der Waals surface area contributed by atoms with Gasteiger partial charge in [-0.1, -0.05) is 18.2 Å². The highest BCUT2D eigenvalue weighted by Gasteiger charge is 2.42. The van der Waals surface area contributed by atoms with Crippen molar-refractivity contribution >= 4 is 12.0 Å². The first kappa shape index (κ1) is 22.4. The number of nitrogens with zero attached hydrogens (tertiary/aromatic N) is 3. The maximum absolute atomic E-state index is 12.8. The third-order valence-electron chi connectivity index (χ3n) is 6.14. The summed E-state index contributed by atoms with van der Waals surface area (Å²) < 4.78 is 22.0. The molecule has 3 aromatic rings. The molecule has 1 amide bonds. The Bertz CT molecular complexity index is 1290. The van der Waals surface area contributed by atoms with E-state index in [4.69, 9.17) is 24.4 Å². The molecule has 0 bridgehead atoms. The first-order valence-corrected chi connectivity index (χ1v) is 11.1. The molecule has 0 spiro atoms. The van der Waals surface area contributed by atoms with Crippen molar-refractivity contribution in [3.8, 4) is 34.7 Å². The molecule has 2 unspecified atom stereocenters. The van der Waals surface area contributed by atoms with Gasteiger partial charge in [0.25, 0.3) is 0 Å². The Morgan fingerprint density at radius 1 is 1.20 bits per heavy atom. The van der Waals surface area contributed by atoms with Gasteiger partial charge in [-0.25, -0.2) is 4.79 Å². The third kappa shape index (κ3) is 4.18. The Balaban J connectivity index is 1.58. The lowest BCUT2D eigenvalue weighted by molar-refractivity contribution is 0.0415. The fourth-order valence-corrected chi connectivity index (χ4v) is 4.37. The van der Waals surface area contributed by atoms with Gasteiger partial charge in [0, 0.05) is 30.1 Å². The van der Waals surface area contributed by atoms with Gasteiger partial charge < -0.3 is 23.8 Å².